The molecule has 3 heterocycles. The van der Waals surface area contributed by atoms with Crippen LogP contribution in [0.3, 0.4) is 0 Å². The molecule has 2 N–H and O–H groups in total. The highest BCUT2D eigenvalue weighted by molar-refractivity contribution is 5.95. The van der Waals surface area contributed by atoms with Crippen LogP contribution in [0.5, 0.6) is 0 Å². The molecule has 3 aromatic heterocycles. The van der Waals surface area contributed by atoms with E-state index in [9.17, 15) is 9.59 Å². The molecule has 0 aromatic carbocycles. The summed E-state index contributed by atoms with van der Waals surface area (Å²) in [6.07, 6.45) is 4.85. The molecule has 0 aliphatic heterocycles. The Balaban J connectivity index is 1.77. The van der Waals surface area contributed by atoms with Gasteiger partial charge in [-0.05, 0) is 24.6 Å². The summed E-state index contributed by atoms with van der Waals surface area (Å²) >= 11 is 0. The highest BCUT2D eigenvalue weighted by Gasteiger charge is 2.15. The number of amides is 1. The van der Waals surface area contributed by atoms with E-state index in [2.05, 4.69) is 25.6 Å². The minimum Gasteiger partial charge on any atom is -0.348 e. The van der Waals surface area contributed by atoms with E-state index in [1.807, 2.05) is 12.1 Å². The van der Waals surface area contributed by atoms with Crippen LogP contribution in [0.4, 0.5) is 0 Å². The summed E-state index contributed by atoms with van der Waals surface area (Å²) in [4.78, 5) is 27.3. The lowest BCUT2D eigenvalue weighted by Gasteiger charge is -2.05. The summed E-state index contributed by atoms with van der Waals surface area (Å²) < 4.78 is 1.49. The van der Waals surface area contributed by atoms with Gasteiger partial charge in [0.25, 0.3) is 11.5 Å². The van der Waals surface area contributed by atoms with Gasteiger partial charge in [0, 0.05) is 25.0 Å². The fourth-order valence-electron chi connectivity index (χ4n) is 2.10. The largest absolute Gasteiger partial charge is 0.348 e. The van der Waals surface area contributed by atoms with Crippen LogP contribution in [0.1, 0.15) is 21.6 Å². The van der Waals surface area contributed by atoms with Crippen molar-refractivity contribution < 1.29 is 4.79 Å². The first-order chi connectivity index (χ1) is 11.1. The second-order valence-corrected chi connectivity index (χ2v) is 4.88. The molecule has 0 aliphatic carbocycles. The van der Waals surface area contributed by atoms with E-state index in [0.29, 0.717) is 23.6 Å². The van der Waals surface area contributed by atoms with E-state index < -0.39 is 0 Å². The van der Waals surface area contributed by atoms with Gasteiger partial charge >= 0.3 is 0 Å². The van der Waals surface area contributed by atoms with Gasteiger partial charge in [0.1, 0.15) is 0 Å². The van der Waals surface area contributed by atoms with Crippen molar-refractivity contribution >= 4 is 5.91 Å². The van der Waals surface area contributed by atoms with E-state index in [1.54, 1.807) is 19.3 Å². The molecule has 1 amide bonds. The van der Waals surface area contributed by atoms with Gasteiger partial charge < -0.3 is 5.32 Å². The van der Waals surface area contributed by atoms with Gasteiger partial charge in [0.05, 0.1) is 17.5 Å². The Hall–Kier alpha value is -3.29. The number of aromatic nitrogens is 5. The minimum atomic E-state index is -0.298. The van der Waals surface area contributed by atoms with E-state index in [0.717, 1.165) is 5.56 Å². The highest BCUT2D eigenvalue weighted by Crippen LogP contribution is 2.11. The number of carbonyl (C=O) groups excluding carboxylic acids is 1. The average Bonchev–Trinajstić information content (AvgIpc) is 2.96. The Morgan fingerprint density at radius 3 is 2.87 bits per heavy atom. The number of H-pyrrole nitrogens is 1. The lowest BCUT2D eigenvalue weighted by atomic mass is 10.2. The first-order valence-electron chi connectivity index (χ1n) is 6.93. The smallest absolute Gasteiger partial charge is 0.264 e. The summed E-state index contributed by atoms with van der Waals surface area (Å²) in [6, 6.07) is 6.59. The molecule has 0 spiro atoms. The summed E-state index contributed by atoms with van der Waals surface area (Å²) in [5.74, 6) is 0.204. The number of carbonyl (C=O) groups is 1. The average molecular weight is 310 g/mol. The Morgan fingerprint density at radius 1 is 1.30 bits per heavy atom. The fraction of sp³-hybridized carbons (Fsp3) is 0.133. The minimum absolute atomic E-state index is 0.234. The Kier molecular flexibility index (Phi) is 3.96. The van der Waals surface area contributed by atoms with Crippen LogP contribution >= 0.6 is 0 Å². The quantitative estimate of drug-likeness (QED) is 0.733. The number of nitrogens with one attached hydrogen (secondary N) is 2. The van der Waals surface area contributed by atoms with Crippen molar-refractivity contribution in [1.82, 2.24) is 30.3 Å². The van der Waals surface area contributed by atoms with Gasteiger partial charge in [-0.3, -0.25) is 14.6 Å². The number of rotatable bonds is 4. The molecule has 0 saturated heterocycles. The van der Waals surface area contributed by atoms with Crippen molar-refractivity contribution in [3.05, 3.63) is 70.0 Å². The van der Waals surface area contributed by atoms with Crippen molar-refractivity contribution in [3.63, 3.8) is 0 Å². The molecule has 0 atom stereocenters. The Morgan fingerprint density at radius 2 is 2.17 bits per heavy atom. The molecule has 0 fully saturated rings. The maximum Gasteiger partial charge on any atom is 0.264 e. The molecule has 0 saturated carbocycles. The van der Waals surface area contributed by atoms with Crippen LogP contribution in [0.15, 0.2) is 47.7 Å². The third-order valence-electron chi connectivity index (χ3n) is 3.31. The third-order valence-corrected chi connectivity index (χ3v) is 3.31. The molecule has 116 valence electrons. The van der Waals surface area contributed by atoms with E-state index in [-0.39, 0.29) is 11.5 Å². The molecule has 0 aliphatic rings. The summed E-state index contributed by atoms with van der Waals surface area (Å²) in [5, 5.41) is 13.2. The number of aromatic amines is 1. The molecule has 23 heavy (non-hydrogen) atoms. The molecule has 3 aromatic rings. The van der Waals surface area contributed by atoms with Crippen LogP contribution in [-0.2, 0) is 6.54 Å². The maximum absolute atomic E-state index is 12.3. The van der Waals surface area contributed by atoms with Gasteiger partial charge in [0.15, 0.2) is 5.82 Å². The van der Waals surface area contributed by atoms with E-state index >= 15 is 0 Å². The Labute approximate surface area is 131 Å². The zero-order valence-electron chi connectivity index (χ0n) is 12.4. The lowest BCUT2D eigenvalue weighted by Crippen LogP contribution is -2.23. The first-order valence-corrected chi connectivity index (χ1v) is 6.93. The zero-order chi connectivity index (χ0) is 16.2. The molecule has 0 unspecified atom stereocenters. The summed E-state index contributed by atoms with van der Waals surface area (Å²) in [5.41, 5.74) is 1.69. The molecular weight excluding hydrogens is 296 g/mol. The topological polar surface area (TPSA) is 106 Å². The molecule has 0 bridgehead atoms. The van der Waals surface area contributed by atoms with Crippen LogP contribution in [-0.4, -0.2) is 30.9 Å². The lowest BCUT2D eigenvalue weighted by molar-refractivity contribution is 0.0950. The number of nitrogens with zero attached hydrogens (tertiary/aromatic N) is 4. The first kappa shape index (κ1) is 14.6. The number of pyridine rings is 1. The zero-order valence-corrected chi connectivity index (χ0v) is 12.4. The molecule has 8 heteroatoms. The molecule has 0 radical (unpaired) electrons. The van der Waals surface area contributed by atoms with Crippen LogP contribution < -0.4 is 10.9 Å². The van der Waals surface area contributed by atoms with Gasteiger partial charge in [-0.2, -0.15) is 10.2 Å². The summed E-state index contributed by atoms with van der Waals surface area (Å²) in [6.45, 7) is 2.15. The van der Waals surface area contributed by atoms with Crippen molar-refractivity contribution in [2.75, 3.05) is 0 Å². The fourth-order valence-corrected chi connectivity index (χ4v) is 2.10. The number of hydrogen-bond acceptors (Lipinski definition) is 5. The van der Waals surface area contributed by atoms with Gasteiger partial charge in [-0.15, -0.1) is 0 Å². The predicted octanol–water partition coefficient (Wildman–Crippen LogP) is 0.589. The van der Waals surface area contributed by atoms with Gasteiger partial charge in [-0.1, -0.05) is 6.07 Å². The summed E-state index contributed by atoms with van der Waals surface area (Å²) in [7, 11) is 0. The third kappa shape index (κ3) is 3.15. The van der Waals surface area contributed by atoms with Crippen LogP contribution in [0, 0.1) is 6.92 Å². The maximum atomic E-state index is 12.3. The second-order valence-electron chi connectivity index (χ2n) is 4.88. The van der Waals surface area contributed by atoms with Crippen LogP contribution in [0.2, 0.25) is 0 Å². The SMILES string of the molecule is Cc1c(C(=O)NCc2cccnc2)cnn1-c1ccc(=O)[nH]n1. The predicted molar refractivity (Wildman–Crippen MR) is 82.1 cm³/mol. The molecular formula is C15H14N6O2. The van der Waals surface area contributed by atoms with Crippen molar-refractivity contribution in [2.45, 2.75) is 13.5 Å². The standard InChI is InChI=1S/C15H14N6O2/c1-10-12(15(23)17-8-11-3-2-6-16-7-11)9-18-21(10)13-4-5-14(22)20-19-13/h2-7,9H,8H2,1H3,(H,17,23)(H,20,22). The molecule has 8 nitrogen and oxygen atoms in total. The normalized spacial score (nSPS) is 10.5. The molecule has 3 rings (SSSR count). The van der Waals surface area contributed by atoms with Crippen molar-refractivity contribution in [1.29, 1.82) is 0 Å². The number of hydrogen-bond donors (Lipinski definition) is 2. The second kappa shape index (κ2) is 6.22. The van der Waals surface area contributed by atoms with Crippen molar-refractivity contribution in [2.24, 2.45) is 0 Å². The van der Waals surface area contributed by atoms with Crippen molar-refractivity contribution in [3.8, 4) is 5.82 Å². The van der Waals surface area contributed by atoms with Crippen LogP contribution in [0.25, 0.3) is 5.82 Å². The van der Waals surface area contributed by atoms with E-state index in [4.69, 9.17) is 0 Å². The van der Waals surface area contributed by atoms with Gasteiger partial charge in [-0.25, -0.2) is 9.78 Å². The van der Waals surface area contributed by atoms with Gasteiger partial charge in [0.2, 0.25) is 0 Å². The monoisotopic (exact) mass is 310 g/mol. The Bertz CT molecular complexity index is 864. The highest BCUT2D eigenvalue weighted by atomic mass is 16.1. The van der Waals surface area contributed by atoms with E-state index in [1.165, 1.54) is 23.0 Å².